The SMILES string of the molecule is Cc1cccc(C(O)CNc2ccc([N+](=O)[O-])cc2C(F)(F)F)c1. The van der Waals surface area contributed by atoms with Crippen molar-refractivity contribution in [2.45, 2.75) is 19.2 Å². The number of alkyl halides is 3. The normalized spacial score (nSPS) is 12.7. The minimum absolute atomic E-state index is 0.162. The molecule has 0 spiro atoms. The van der Waals surface area contributed by atoms with Gasteiger partial charge in [-0.25, -0.2) is 0 Å². The third-order valence-electron chi connectivity index (χ3n) is 3.43. The van der Waals surface area contributed by atoms with E-state index in [2.05, 4.69) is 5.32 Å². The standard InChI is InChI=1S/C16H15F3N2O3/c1-10-3-2-4-11(7-10)15(22)9-20-14-6-5-12(21(23)24)8-13(14)16(17,18)19/h2-8,15,20,22H,9H2,1H3. The minimum atomic E-state index is -4.75. The molecule has 2 aromatic rings. The van der Waals surface area contributed by atoms with Crippen LogP contribution in [0.5, 0.6) is 0 Å². The largest absolute Gasteiger partial charge is 0.418 e. The van der Waals surface area contributed by atoms with Crippen molar-refractivity contribution in [3.8, 4) is 0 Å². The van der Waals surface area contributed by atoms with Gasteiger partial charge in [-0.05, 0) is 18.6 Å². The van der Waals surface area contributed by atoms with Crippen LogP contribution in [0, 0.1) is 17.0 Å². The Bertz CT molecular complexity index is 748. The first-order valence-electron chi connectivity index (χ1n) is 7.02. The molecule has 0 saturated carbocycles. The third-order valence-corrected chi connectivity index (χ3v) is 3.43. The summed E-state index contributed by atoms with van der Waals surface area (Å²) in [7, 11) is 0. The number of nitrogens with zero attached hydrogens (tertiary/aromatic N) is 1. The molecule has 0 aliphatic heterocycles. The number of nitro benzene ring substituents is 1. The van der Waals surface area contributed by atoms with E-state index in [1.165, 1.54) is 0 Å². The average Bonchev–Trinajstić information content (AvgIpc) is 2.51. The van der Waals surface area contributed by atoms with Crippen LogP contribution in [-0.2, 0) is 6.18 Å². The van der Waals surface area contributed by atoms with Gasteiger partial charge >= 0.3 is 6.18 Å². The van der Waals surface area contributed by atoms with E-state index in [1.54, 1.807) is 18.2 Å². The lowest BCUT2D eigenvalue weighted by molar-refractivity contribution is -0.385. The molecule has 0 aromatic heterocycles. The highest BCUT2D eigenvalue weighted by molar-refractivity contribution is 5.57. The van der Waals surface area contributed by atoms with Crippen molar-refractivity contribution in [3.63, 3.8) is 0 Å². The number of aliphatic hydroxyl groups excluding tert-OH is 1. The summed E-state index contributed by atoms with van der Waals surface area (Å²) < 4.78 is 39.2. The maximum atomic E-state index is 13.1. The second-order valence-electron chi connectivity index (χ2n) is 5.30. The van der Waals surface area contributed by atoms with Gasteiger partial charge in [0, 0.05) is 24.4 Å². The Morgan fingerprint density at radius 2 is 1.96 bits per heavy atom. The van der Waals surface area contributed by atoms with Crippen molar-refractivity contribution in [1.29, 1.82) is 0 Å². The summed E-state index contributed by atoms with van der Waals surface area (Å²) in [5, 5.41) is 23.3. The molecule has 2 aromatic carbocycles. The van der Waals surface area contributed by atoms with Gasteiger partial charge in [0.25, 0.3) is 5.69 Å². The molecule has 2 N–H and O–H groups in total. The lowest BCUT2D eigenvalue weighted by atomic mass is 10.1. The average molecular weight is 340 g/mol. The van der Waals surface area contributed by atoms with Crippen molar-refractivity contribution >= 4 is 11.4 Å². The van der Waals surface area contributed by atoms with Gasteiger partial charge in [0.05, 0.1) is 16.6 Å². The summed E-state index contributed by atoms with van der Waals surface area (Å²) in [5.74, 6) is 0. The van der Waals surface area contributed by atoms with Gasteiger partial charge in [0.2, 0.25) is 0 Å². The molecule has 0 radical (unpaired) electrons. The smallest absolute Gasteiger partial charge is 0.387 e. The van der Waals surface area contributed by atoms with E-state index < -0.39 is 28.5 Å². The van der Waals surface area contributed by atoms with Gasteiger partial charge in [0.1, 0.15) is 0 Å². The number of rotatable bonds is 5. The summed E-state index contributed by atoms with van der Waals surface area (Å²) in [6, 6.07) is 9.41. The van der Waals surface area contributed by atoms with E-state index in [1.807, 2.05) is 13.0 Å². The number of halogens is 3. The maximum absolute atomic E-state index is 13.1. The Hall–Kier alpha value is -2.61. The molecule has 0 bridgehead atoms. The molecule has 5 nitrogen and oxygen atoms in total. The molecule has 0 saturated heterocycles. The molecule has 2 rings (SSSR count). The van der Waals surface area contributed by atoms with Gasteiger partial charge in [-0.1, -0.05) is 29.8 Å². The van der Waals surface area contributed by atoms with Crippen LogP contribution < -0.4 is 5.32 Å². The predicted molar refractivity (Wildman–Crippen MR) is 82.7 cm³/mol. The highest BCUT2D eigenvalue weighted by Crippen LogP contribution is 2.37. The zero-order valence-corrected chi connectivity index (χ0v) is 12.7. The van der Waals surface area contributed by atoms with Gasteiger partial charge in [0.15, 0.2) is 0 Å². The van der Waals surface area contributed by atoms with E-state index in [4.69, 9.17) is 0 Å². The molecule has 24 heavy (non-hydrogen) atoms. The maximum Gasteiger partial charge on any atom is 0.418 e. The number of non-ortho nitro benzene ring substituents is 1. The predicted octanol–water partition coefficient (Wildman–Crippen LogP) is 4.07. The zero-order chi connectivity index (χ0) is 17.9. The summed E-state index contributed by atoms with van der Waals surface area (Å²) in [4.78, 5) is 9.76. The van der Waals surface area contributed by atoms with Crippen molar-refractivity contribution in [2.75, 3.05) is 11.9 Å². The Labute approximate surface area is 135 Å². The molecular formula is C16H15F3N2O3. The van der Waals surface area contributed by atoms with E-state index in [0.717, 1.165) is 17.7 Å². The fraction of sp³-hybridized carbons (Fsp3) is 0.250. The molecule has 0 fully saturated rings. The first kappa shape index (κ1) is 17.7. The van der Waals surface area contributed by atoms with Crippen LogP contribution in [0.25, 0.3) is 0 Å². The van der Waals surface area contributed by atoms with Gasteiger partial charge < -0.3 is 10.4 Å². The number of aryl methyl sites for hydroxylation is 1. The van der Waals surface area contributed by atoms with E-state index in [0.29, 0.717) is 11.6 Å². The van der Waals surface area contributed by atoms with Crippen LogP contribution in [0.2, 0.25) is 0 Å². The summed E-state index contributed by atoms with van der Waals surface area (Å²) >= 11 is 0. The Balaban J connectivity index is 2.21. The number of benzene rings is 2. The number of anilines is 1. The summed E-state index contributed by atoms with van der Waals surface area (Å²) in [5.41, 5.74) is -0.629. The Morgan fingerprint density at radius 1 is 1.25 bits per heavy atom. The fourth-order valence-corrected chi connectivity index (χ4v) is 2.24. The lowest BCUT2D eigenvalue weighted by Gasteiger charge is -2.17. The monoisotopic (exact) mass is 340 g/mol. The highest BCUT2D eigenvalue weighted by atomic mass is 19.4. The van der Waals surface area contributed by atoms with Crippen molar-refractivity contribution in [1.82, 2.24) is 0 Å². The summed E-state index contributed by atoms with van der Waals surface area (Å²) in [6.45, 7) is 1.67. The van der Waals surface area contributed by atoms with Crippen LogP contribution in [0.4, 0.5) is 24.5 Å². The van der Waals surface area contributed by atoms with Crippen LogP contribution in [-0.4, -0.2) is 16.6 Å². The van der Waals surface area contributed by atoms with Crippen LogP contribution in [0.1, 0.15) is 22.8 Å². The van der Waals surface area contributed by atoms with Crippen LogP contribution in [0.3, 0.4) is 0 Å². The second kappa shape index (κ2) is 6.88. The molecule has 1 unspecified atom stereocenters. The third kappa shape index (κ3) is 4.23. The zero-order valence-electron chi connectivity index (χ0n) is 12.7. The van der Waals surface area contributed by atoms with Crippen molar-refractivity contribution in [3.05, 3.63) is 69.3 Å². The number of aliphatic hydroxyl groups is 1. The molecular weight excluding hydrogens is 325 g/mol. The van der Waals surface area contributed by atoms with Crippen molar-refractivity contribution in [2.24, 2.45) is 0 Å². The molecule has 8 heteroatoms. The number of nitro groups is 1. The Morgan fingerprint density at radius 3 is 2.54 bits per heavy atom. The number of nitrogens with one attached hydrogen (secondary N) is 1. The molecule has 1 atom stereocenters. The topological polar surface area (TPSA) is 75.4 Å². The number of hydrogen-bond donors (Lipinski definition) is 2. The molecule has 128 valence electrons. The van der Waals surface area contributed by atoms with Gasteiger partial charge in [-0.3, -0.25) is 10.1 Å². The first-order chi connectivity index (χ1) is 11.2. The molecule has 0 aliphatic carbocycles. The highest BCUT2D eigenvalue weighted by Gasteiger charge is 2.35. The van der Waals surface area contributed by atoms with Crippen LogP contribution >= 0.6 is 0 Å². The molecule has 0 aliphatic rings. The lowest BCUT2D eigenvalue weighted by Crippen LogP contribution is -2.16. The van der Waals surface area contributed by atoms with Gasteiger partial charge in [-0.15, -0.1) is 0 Å². The molecule has 0 heterocycles. The minimum Gasteiger partial charge on any atom is -0.387 e. The molecule has 0 amide bonds. The fourth-order valence-electron chi connectivity index (χ4n) is 2.24. The van der Waals surface area contributed by atoms with E-state index in [9.17, 15) is 28.4 Å². The number of hydrogen-bond acceptors (Lipinski definition) is 4. The van der Waals surface area contributed by atoms with Crippen molar-refractivity contribution < 1.29 is 23.2 Å². The van der Waals surface area contributed by atoms with Gasteiger partial charge in [-0.2, -0.15) is 13.2 Å². The van der Waals surface area contributed by atoms with E-state index in [-0.39, 0.29) is 12.2 Å². The first-order valence-corrected chi connectivity index (χ1v) is 7.02. The van der Waals surface area contributed by atoms with E-state index >= 15 is 0 Å². The summed E-state index contributed by atoms with van der Waals surface area (Å²) in [6.07, 6.45) is -5.76. The quantitative estimate of drug-likeness (QED) is 0.635. The second-order valence-corrected chi connectivity index (χ2v) is 5.30. The Kier molecular flexibility index (Phi) is 5.08. The van der Waals surface area contributed by atoms with Crippen LogP contribution in [0.15, 0.2) is 42.5 Å².